The van der Waals surface area contributed by atoms with Gasteiger partial charge in [0, 0.05) is 41.3 Å². The third-order valence-electron chi connectivity index (χ3n) is 9.89. The predicted molar refractivity (Wildman–Crippen MR) is 194 cm³/mol. The van der Waals surface area contributed by atoms with Crippen molar-refractivity contribution in [3.8, 4) is 23.1 Å². The predicted octanol–water partition coefficient (Wildman–Crippen LogP) is 5.53. The van der Waals surface area contributed by atoms with Gasteiger partial charge in [-0.15, -0.1) is 0 Å². The third kappa shape index (κ3) is 8.60. The van der Waals surface area contributed by atoms with Crippen molar-refractivity contribution in [2.75, 3.05) is 19.6 Å². The number of nitrogens with zero attached hydrogens (tertiary/aromatic N) is 6. The molecule has 2 N–H and O–H groups in total. The van der Waals surface area contributed by atoms with Crippen molar-refractivity contribution >= 4 is 23.2 Å². The number of likely N-dealkylation sites (tertiary alicyclic amines) is 1. The fraction of sp³-hybridized carbons (Fsp3) is 0.375. The van der Waals surface area contributed by atoms with Gasteiger partial charge in [0.05, 0.1) is 23.7 Å². The molecule has 12 nitrogen and oxygen atoms in total. The van der Waals surface area contributed by atoms with Crippen molar-refractivity contribution in [3.05, 3.63) is 101 Å². The van der Waals surface area contributed by atoms with Crippen molar-refractivity contribution in [2.45, 2.75) is 76.2 Å². The van der Waals surface area contributed by atoms with Crippen LogP contribution in [0.5, 0.6) is 0 Å². The van der Waals surface area contributed by atoms with Crippen molar-refractivity contribution in [3.63, 3.8) is 0 Å². The molecule has 15 heteroatoms. The molecule has 0 saturated carbocycles. The minimum atomic E-state index is -3.27. The number of aromatic nitrogens is 5. The largest absolute Gasteiger partial charge is 0.345 e. The van der Waals surface area contributed by atoms with Crippen molar-refractivity contribution in [1.29, 1.82) is 0 Å². The summed E-state index contributed by atoms with van der Waals surface area (Å²) in [6.45, 7) is 5.97. The van der Waals surface area contributed by atoms with Gasteiger partial charge in [-0.2, -0.15) is 18.9 Å². The molecule has 2 fully saturated rings. The van der Waals surface area contributed by atoms with Crippen LogP contribution >= 0.6 is 0 Å². The Balaban J connectivity index is 0.950. The highest BCUT2D eigenvalue weighted by Crippen LogP contribution is 2.32. The number of piperidine rings is 2. The van der Waals surface area contributed by atoms with Gasteiger partial charge in [-0.3, -0.25) is 24.6 Å². The van der Waals surface area contributed by atoms with Crippen LogP contribution in [0.2, 0.25) is 0 Å². The van der Waals surface area contributed by atoms with E-state index in [0.29, 0.717) is 67.0 Å². The van der Waals surface area contributed by atoms with Gasteiger partial charge >= 0.3 is 5.92 Å². The molecule has 0 bridgehead atoms. The highest BCUT2D eigenvalue weighted by atomic mass is 19.3. The molecular weight excluding hydrogens is 713 g/mol. The lowest BCUT2D eigenvalue weighted by molar-refractivity contribution is -0.134. The SMILES string of the molecule is CC(C)(C)c1nc(C(=O)NCc2ccc(-c3ncnn4cc(C#CC(F)(F)CN5CCC(c6ccc(C7CCC(=O)NC7=O)cc6)CC5)cc34)cc2F)no1. The maximum absolute atomic E-state index is 15.2. The van der Waals surface area contributed by atoms with E-state index in [4.69, 9.17) is 4.52 Å². The number of hydrogen-bond donors (Lipinski definition) is 2. The quantitative estimate of drug-likeness (QED) is 0.154. The number of fused-ring (bicyclic) bond motifs is 1. The van der Waals surface area contributed by atoms with E-state index in [0.717, 1.165) is 11.1 Å². The molecule has 2 aromatic carbocycles. The molecule has 5 aromatic rings. The normalized spacial score (nSPS) is 17.2. The summed E-state index contributed by atoms with van der Waals surface area (Å²) in [6.07, 6.45) is 5.03. The summed E-state index contributed by atoms with van der Waals surface area (Å²) in [7, 11) is 0. The van der Waals surface area contributed by atoms with Crippen LogP contribution in [0.25, 0.3) is 16.8 Å². The summed E-state index contributed by atoms with van der Waals surface area (Å²) in [5.74, 6) is -0.231. The van der Waals surface area contributed by atoms with Gasteiger partial charge in [0.25, 0.3) is 11.7 Å². The molecule has 0 spiro atoms. The maximum Gasteiger partial charge on any atom is 0.320 e. The maximum atomic E-state index is 15.2. The number of carbonyl (C=O) groups is 3. The van der Waals surface area contributed by atoms with Crippen LogP contribution in [0.3, 0.4) is 0 Å². The molecule has 284 valence electrons. The van der Waals surface area contributed by atoms with Gasteiger partial charge in [0.2, 0.25) is 17.7 Å². The zero-order chi connectivity index (χ0) is 38.9. The first-order valence-electron chi connectivity index (χ1n) is 18.0. The molecule has 3 aromatic heterocycles. The Labute approximate surface area is 314 Å². The number of nitrogens with one attached hydrogen (secondary N) is 2. The number of imide groups is 1. The Morgan fingerprint density at radius 2 is 1.78 bits per heavy atom. The van der Waals surface area contributed by atoms with Gasteiger partial charge in [-0.25, -0.2) is 13.9 Å². The Morgan fingerprint density at radius 3 is 2.47 bits per heavy atom. The number of benzene rings is 2. The monoisotopic (exact) mass is 752 g/mol. The molecule has 7 rings (SSSR count). The second kappa shape index (κ2) is 15.1. The molecule has 2 aliphatic rings. The first-order chi connectivity index (χ1) is 26.2. The van der Waals surface area contributed by atoms with Crippen LogP contribution in [0.1, 0.15) is 97.1 Å². The standard InChI is InChI=1S/C40H39F3N8O4/c1-39(2,3)38-48-35(49-55-38)37(54)44-20-29-9-8-28(19-31(29)41)34-32-18-24(21-51(32)46-23-45-34)12-15-40(42,43)22-50-16-13-26(14-17-50)25-4-6-27(7-5-25)30-10-11-33(52)47-36(30)53/h4-9,18-19,21,23,26,30H,10-11,13-14,16-17,20,22H2,1-3H3,(H,44,54)(H,47,52,53). The first-order valence-corrected chi connectivity index (χ1v) is 18.0. The number of halogens is 3. The second-order valence-electron chi connectivity index (χ2n) is 15.0. The number of amides is 3. The van der Waals surface area contributed by atoms with E-state index >= 15 is 13.2 Å². The molecule has 1 atom stereocenters. The van der Waals surface area contributed by atoms with Crippen molar-refractivity contribution < 1.29 is 32.1 Å². The summed E-state index contributed by atoms with van der Waals surface area (Å²) < 4.78 is 52.1. The van der Waals surface area contributed by atoms with E-state index in [1.165, 1.54) is 29.2 Å². The Hall–Kier alpha value is -5.88. The molecule has 5 heterocycles. The number of carbonyl (C=O) groups excluding carboxylic acids is 3. The fourth-order valence-electron chi connectivity index (χ4n) is 6.85. The molecule has 0 radical (unpaired) electrons. The summed E-state index contributed by atoms with van der Waals surface area (Å²) in [4.78, 5) is 46.4. The van der Waals surface area contributed by atoms with E-state index in [9.17, 15) is 14.4 Å². The van der Waals surface area contributed by atoms with E-state index in [2.05, 4.69) is 42.7 Å². The van der Waals surface area contributed by atoms with Crippen LogP contribution in [-0.2, 0) is 21.5 Å². The van der Waals surface area contributed by atoms with Crippen molar-refractivity contribution in [1.82, 2.24) is 40.3 Å². The summed E-state index contributed by atoms with van der Waals surface area (Å²) in [5, 5.41) is 12.9. The Bertz CT molecular complexity index is 2310. The molecule has 3 amide bonds. The lowest BCUT2D eigenvalue weighted by Gasteiger charge is -2.33. The molecular formula is C40H39F3N8O4. The van der Waals surface area contributed by atoms with E-state index in [1.807, 2.05) is 45.0 Å². The van der Waals surface area contributed by atoms with Gasteiger partial charge < -0.3 is 9.84 Å². The van der Waals surface area contributed by atoms with Crippen molar-refractivity contribution in [2.24, 2.45) is 0 Å². The summed E-state index contributed by atoms with van der Waals surface area (Å²) in [5.41, 5.74) is 3.30. The fourth-order valence-corrected chi connectivity index (χ4v) is 6.85. The molecule has 55 heavy (non-hydrogen) atoms. The van der Waals surface area contributed by atoms with Gasteiger partial charge in [0.15, 0.2) is 0 Å². The number of rotatable bonds is 8. The number of hydrogen-bond acceptors (Lipinski definition) is 9. The average molecular weight is 753 g/mol. The van der Waals surface area contributed by atoms with Crippen LogP contribution < -0.4 is 10.6 Å². The van der Waals surface area contributed by atoms with E-state index in [1.54, 1.807) is 17.0 Å². The molecule has 2 saturated heterocycles. The first kappa shape index (κ1) is 37.4. The zero-order valence-electron chi connectivity index (χ0n) is 30.5. The lowest BCUT2D eigenvalue weighted by Crippen LogP contribution is -2.40. The van der Waals surface area contributed by atoms with Gasteiger partial charge in [0.1, 0.15) is 12.1 Å². The summed E-state index contributed by atoms with van der Waals surface area (Å²) in [6, 6.07) is 13.9. The topological polar surface area (TPSA) is 148 Å². The highest BCUT2D eigenvalue weighted by Gasteiger charge is 2.33. The van der Waals surface area contributed by atoms with Crippen LogP contribution in [0, 0.1) is 17.7 Å². The molecule has 0 aliphatic carbocycles. The second-order valence-corrected chi connectivity index (χ2v) is 15.0. The van der Waals surface area contributed by atoms with E-state index < -0.39 is 29.6 Å². The molecule has 2 aliphatic heterocycles. The molecule has 1 unspecified atom stereocenters. The van der Waals surface area contributed by atoms with Gasteiger partial charge in [-0.1, -0.05) is 68.2 Å². The third-order valence-corrected chi connectivity index (χ3v) is 9.89. The average Bonchev–Trinajstić information content (AvgIpc) is 3.82. The minimum absolute atomic E-state index is 0.122. The Kier molecular flexibility index (Phi) is 10.3. The van der Waals surface area contributed by atoms with E-state index in [-0.39, 0.29) is 41.6 Å². The zero-order valence-corrected chi connectivity index (χ0v) is 30.5. The lowest BCUT2D eigenvalue weighted by atomic mass is 9.86. The van der Waals surface area contributed by atoms with Gasteiger partial charge in [-0.05, 0) is 67.4 Å². The van der Waals surface area contributed by atoms with Crippen LogP contribution in [0.4, 0.5) is 13.2 Å². The smallest absolute Gasteiger partial charge is 0.320 e. The highest BCUT2D eigenvalue weighted by molar-refractivity contribution is 6.00. The number of alkyl halides is 2. The minimum Gasteiger partial charge on any atom is -0.345 e. The van der Waals surface area contributed by atoms with Crippen LogP contribution in [-0.4, -0.2) is 72.9 Å². The van der Waals surface area contributed by atoms with Crippen LogP contribution in [0.15, 0.2) is 65.6 Å². The Morgan fingerprint density at radius 1 is 1.04 bits per heavy atom. The summed E-state index contributed by atoms with van der Waals surface area (Å²) >= 11 is 0.